The Morgan fingerprint density at radius 1 is 0.559 bits per heavy atom. The zero-order valence-electron chi connectivity index (χ0n) is 33.4. The molecule has 1 amide bonds. The van der Waals surface area contributed by atoms with Crippen molar-refractivity contribution in [1.29, 1.82) is 0 Å². The third kappa shape index (κ3) is 13.7. The fourth-order valence-electron chi connectivity index (χ4n) is 5.93. The first kappa shape index (κ1) is 41.3. The van der Waals surface area contributed by atoms with Crippen LogP contribution in [0.4, 0.5) is 38.9 Å². The van der Waals surface area contributed by atoms with Crippen LogP contribution in [0.2, 0.25) is 0 Å². The van der Waals surface area contributed by atoms with Gasteiger partial charge in [-0.25, -0.2) is 10.3 Å². The van der Waals surface area contributed by atoms with Crippen molar-refractivity contribution in [3.05, 3.63) is 178 Å². The Morgan fingerprint density at radius 3 is 1.36 bits per heavy atom. The summed E-state index contributed by atoms with van der Waals surface area (Å²) in [6.07, 6.45) is 3.65. The van der Waals surface area contributed by atoms with E-state index in [0.717, 1.165) is 93.1 Å². The lowest BCUT2D eigenvalue weighted by molar-refractivity contribution is -0.138. The number of nitrogens with one attached hydrogen (secondary N) is 2. The minimum absolute atomic E-state index is 0.393. The van der Waals surface area contributed by atoms with Crippen molar-refractivity contribution >= 4 is 58.2 Å². The molecule has 0 aromatic heterocycles. The largest absolute Gasteiger partial charge is 0.449 e. The molecule has 296 valence electrons. The molecule has 10 nitrogen and oxygen atoms in total. The highest BCUT2D eigenvalue weighted by Crippen LogP contribution is 2.23. The normalized spacial score (nSPS) is 10.4. The first-order chi connectivity index (χ1) is 28.8. The number of nitrogens with zero attached hydrogens (tertiary/aromatic N) is 4. The van der Waals surface area contributed by atoms with Crippen LogP contribution in [0, 0.1) is 6.92 Å². The number of anilines is 2. The van der Waals surface area contributed by atoms with Crippen molar-refractivity contribution < 1.29 is 19.2 Å². The van der Waals surface area contributed by atoms with Crippen LogP contribution in [0.15, 0.2) is 159 Å². The van der Waals surface area contributed by atoms with Crippen LogP contribution in [0.1, 0.15) is 65.6 Å². The molecule has 0 fully saturated rings. The number of benzene rings is 6. The maximum absolute atomic E-state index is 12.2. The van der Waals surface area contributed by atoms with Crippen LogP contribution in [0.25, 0.3) is 0 Å². The number of carbonyl (C=O) groups is 2. The van der Waals surface area contributed by atoms with Gasteiger partial charge in [0.15, 0.2) is 0 Å². The molecular weight excluding hydrogens is 737 g/mol. The monoisotopic (exact) mass is 782 g/mol. The molecule has 10 heteroatoms. The Hall–Kier alpha value is -7.38. The summed E-state index contributed by atoms with van der Waals surface area (Å²) in [5.74, 6) is -0.393. The molecule has 0 saturated heterocycles. The fraction of sp³-hybridized carbons (Fsp3) is 0.184. The van der Waals surface area contributed by atoms with E-state index in [1.54, 1.807) is 0 Å². The van der Waals surface area contributed by atoms with E-state index in [0.29, 0.717) is 18.7 Å². The minimum atomic E-state index is -0.426. The van der Waals surface area contributed by atoms with Gasteiger partial charge in [-0.2, -0.15) is 20.0 Å². The molecule has 0 aliphatic carbocycles. The van der Waals surface area contributed by atoms with E-state index in [2.05, 4.69) is 80.0 Å². The number of hydrogen-bond acceptors (Lipinski definition) is 9. The van der Waals surface area contributed by atoms with Crippen LogP contribution < -0.4 is 10.8 Å². The second-order valence-corrected chi connectivity index (χ2v) is 14.0. The average molecular weight is 783 g/mol. The molecule has 6 aromatic carbocycles. The van der Waals surface area contributed by atoms with Crippen molar-refractivity contribution in [3.63, 3.8) is 0 Å². The van der Waals surface area contributed by atoms with Gasteiger partial charge in [-0.1, -0.05) is 86.1 Å². The molecule has 6 aromatic rings. The van der Waals surface area contributed by atoms with Gasteiger partial charge in [0, 0.05) is 12.6 Å². The van der Waals surface area contributed by atoms with E-state index in [1.165, 1.54) is 6.92 Å². The summed E-state index contributed by atoms with van der Waals surface area (Å²) in [4.78, 5) is 45.5. The number of carbonyl (C=O) groups excluding carboxylic acids is 2. The molecule has 6 rings (SSSR count). The zero-order chi connectivity index (χ0) is 41.2. The van der Waals surface area contributed by atoms with Gasteiger partial charge < -0.3 is 9.57 Å². The van der Waals surface area contributed by atoms with Crippen molar-refractivity contribution in [2.45, 2.75) is 52.9 Å². The lowest BCUT2D eigenvalue weighted by Crippen LogP contribution is -2.15. The summed E-state index contributed by atoms with van der Waals surface area (Å²) in [6.45, 7) is 5.79. The molecule has 0 unspecified atom stereocenters. The van der Waals surface area contributed by atoms with E-state index in [4.69, 9.17) is 9.57 Å². The van der Waals surface area contributed by atoms with E-state index in [9.17, 15) is 9.59 Å². The topological polar surface area (TPSA) is 126 Å². The second kappa shape index (κ2) is 21.2. The lowest BCUT2D eigenvalue weighted by Gasteiger charge is -2.11. The Bertz CT molecular complexity index is 2450. The fourth-order valence-corrected chi connectivity index (χ4v) is 5.93. The van der Waals surface area contributed by atoms with Crippen LogP contribution in [0.5, 0.6) is 0 Å². The summed E-state index contributed by atoms with van der Waals surface area (Å²) in [5.41, 5.74) is 15.0. The lowest BCUT2D eigenvalue weighted by atomic mass is 10.0. The minimum Gasteiger partial charge on any atom is -0.449 e. The highest BCUT2D eigenvalue weighted by molar-refractivity contribution is 5.85. The summed E-state index contributed by atoms with van der Waals surface area (Å²) >= 11 is 0. The number of hydrogen-bond donors (Lipinski definition) is 2. The quantitative estimate of drug-likeness (QED) is 0.0574. The molecule has 59 heavy (non-hydrogen) atoms. The molecule has 0 heterocycles. The second-order valence-electron chi connectivity index (χ2n) is 14.0. The molecule has 0 saturated carbocycles. The van der Waals surface area contributed by atoms with Crippen LogP contribution in [0.3, 0.4) is 0 Å². The summed E-state index contributed by atoms with van der Waals surface area (Å²) in [7, 11) is 0. The Labute approximate surface area is 345 Å². The predicted octanol–water partition coefficient (Wildman–Crippen LogP) is 12.3. The van der Waals surface area contributed by atoms with Crippen molar-refractivity contribution in [1.82, 2.24) is 0 Å². The molecule has 0 spiro atoms. The first-order valence-corrected chi connectivity index (χ1v) is 19.5. The van der Waals surface area contributed by atoms with Crippen molar-refractivity contribution in [3.8, 4) is 0 Å². The summed E-state index contributed by atoms with van der Waals surface area (Å²) in [6, 6.07) is 51.4. The van der Waals surface area contributed by atoms with Crippen molar-refractivity contribution in [2.75, 3.05) is 17.4 Å². The number of rotatable bonds is 16. The van der Waals surface area contributed by atoms with Gasteiger partial charge in [-0.15, -0.1) is 0 Å². The van der Waals surface area contributed by atoms with E-state index in [-0.39, 0.29) is 0 Å². The third-order valence-corrected chi connectivity index (χ3v) is 9.22. The predicted molar refractivity (Wildman–Crippen MR) is 235 cm³/mol. The SMILES string of the molecule is CCCCOC(=O)Nc1cc(Cc2ccc(N=C=Nc3ccc(Cc4ccc(N=C=Nc5ccc(Cc6ccc(NOC(C)=O)cc6)cc5)cc4)cc3)cc2)ccc1C. The molecular formula is C49H46N6O4. The van der Waals surface area contributed by atoms with Gasteiger partial charge in [0.2, 0.25) is 0 Å². The average Bonchev–Trinajstić information content (AvgIpc) is 3.24. The van der Waals surface area contributed by atoms with E-state index in [1.807, 2.05) is 116 Å². The molecule has 2 N–H and O–H groups in total. The smallest absolute Gasteiger partial charge is 0.411 e. The van der Waals surface area contributed by atoms with Gasteiger partial charge in [-0.3, -0.25) is 10.1 Å². The third-order valence-electron chi connectivity index (χ3n) is 9.22. The maximum Gasteiger partial charge on any atom is 0.411 e. The van der Waals surface area contributed by atoms with Crippen LogP contribution in [-0.2, 0) is 33.6 Å². The zero-order valence-corrected chi connectivity index (χ0v) is 33.4. The number of amides is 1. The molecule has 0 radical (unpaired) electrons. The van der Waals surface area contributed by atoms with Gasteiger partial charge in [0.25, 0.3) is 0 Å². The van der Waals surface area contributed by atoms with E-state index < -0.39 is 12.1 Å². The van der Waals surface area contributed by atoms with Gasteiger partial charge in [-0.05, 0) is 138 Å². The standard InChI is InChI=1S/C49H46N6O4/c1-4-5-28-58-49(57)54-48-32-42(7-6-35(48)2)31-41-14-24-46(25-15-41)53-34-52-44-20-10-38(11-21-44)29-37-8-18-43(19-9-37)50-33-51-45-22-12-39(13-23-45)30-40-16-26-47(27-17-40)55-59-36(3)56/h6-27,32,55H,4-5,28-31H2,1-3H3,(H,54,57). The molecule has 0 bridgehead atoms. The number of aliphatic imine (C=N–C) groups is 4. The number of aryl methyl sites for hydroxylation is 1. The number of ether oxygens (including phenoxy) is 1. The van der Waals surface area contributed by atoms with Gasteiger partial charge in [0.05, 0.1) is 35.0 Å². The van der Waals surface area contributed by atoms with Crippen LogP contribution in [-0.4, -0.2) is 30.7 Å². The Morgan fingerprint density at radius 2 is 0.949 bits per heavy atom. The molecule has 0 atom stereocenters. The summed E-state index contributed by atoms with van der Waals surface area (Å²) in [5, 5.41) is 2.87. The number of unbranched alkanes of at least 4 members (excludes halogenated alkanes) is 1. The highest BCUT2D eigenvalue weighted by atomic mass is 16.7. The highest BCUT2D eigenvalue weighted by Gasteiger charge is 2.08. The molecule has 0 aliphatic rings. The van der Waals surface area contributed by atoms with Gasteiger partial charge >= 0.3 is 12.1 Å². The van der Waals surface area contributed by atoms with Crippen molar-refractivity contribution in [2.24, 2.45) is 20.0 Å². The van der Waals surface area contributed by atoms with Crippen LogP contribution >= 0.6 is 0 Å². The summed E-state index contributed by atoms with van der Waals surface area (Å²) < 4.78 is 5.25. The van der Waals surface area contributed by atoms with E-state index >= 15 is 0 Å². The Kier molecular flexibility index (Phi) is 14.8. The first-order valence-electron chi connectivity index (χ1n) is 19.5. The maximum atomic E-state index is 12.2. The molecule has 0 aliphatic heterocycles. The Balaban J connectivity index is 0.948. The van der Waals surface area contributed by atoms with Gasteiger partial charge in [0.1, 0.15) is 12.0 Å².